The minimum Gasteiger partial charge on any atom is -0.467 e. The van der Waals surface area contributed by atoms with E-state index in [4.69, 9.17) is 9.47 Å². The number of aromatic nitrogens is 1. The Morgan fingerprint density at radius 1 is 1.33 bits per heavy atom. The fourth-order valence-electron chi connectivity index (χ4n) is 2.66. The Bertz CT molecular complexity index is 1100. The van der Waals surface area contributed by atoms with E-state index in [-0.39, 0.29) is 13.2 Å². The zero-order chi connectivity index (χ0) is 21.5. The number of nitrogens with zero attached hydrogens (tertiary/aromatic N) is 2. The van der Waals surface area contributed by atoms with Crippen molar-refractivity contribution >= 4 is 55.2 Å². The monoisotopic (exact) mass is 488 g/mol. The number of nitriles is 1. The van der Waals surface area contributed by atoms with Gasteiger partial charge in [0.2, 0.25) is 0 Å². The summed E-state index contributed by atoms with van der Waals surface area (Å²) in [6.45, 7) is 0.100. The first-order valence-electron chi connectivity index (χ1n) is 8.79. The van der Waals surface area contributed by atoms with Crippen molar-refractivity contribution in [2.24, 2.45) is 0 Å². The second-order valence-corrected chi connectivity index (χ2v) is 8.52. The fourth-order valence-corrected chi connectivity index (χ4v) is 4.22. The molecule has 0 aliphatic rings. The number of thiophene rings is 1. The van der Waals surface area contributed by atoms with Crippen LogP contribution in [0, 0.1) is 11.3 Å². The van der Waals surface area contributed by atoms with E-state index in [9.17, 15) is 14.9 Å². The minimum absolute atomic E-state index is 0.0224. The number of fused-ring (bicyclic) bond motifs is 1. The van der Waals surface area contributed by atoms with Crippen molar-refractivity contribution in [2.75, 3.05) is 19.0 Å². The molecule has 0 saturated carbocycles. The number of ether oxygens (including phenoxy) is 2. The van der Waals surface area contributed by atoms with E-state index >= 15 is 0 Å². The van der Waals surface area contributed by atoms with E-state index in [0.29, 0.717) is 11.4 Å². The number of methoxy groups -OCH3 is 1. The molecule has 0 unspecified atom stereocenters. The van der Waals surface area contributed by atoms with Gasteiger partial charge in [-0.05, 0) is 27.6 Å². The molecule has 8 nitrogen and oxygen atoms in total. The van der Waals surface area contributed by atoms with Crippen LogP contribution in [0.5, 0.6) is 0 Å². The van der Waals surface area contributed by atoms with E-state index < -0.39 is 18.1 Å². The molecule has 3 rings (SSSR count). The molecule has 154 valence electrons. The molecule has 2 N–H and O–H groups in total. The third-order valence-electron chi connectivity index (χ3n) is 4.11. The van der Waals surface area contributed by atoms with E-state index in [1.54, 1.807) is 0 Å². The highest BCUT2D eigenvalue weighted by Crippen LogP contribution is 2.35. The van der Waals surface area contributed by atoms with Gasteiger partial charge in [0.05, 0.1) is 21.2 Å². The maximum Gasteiger partial charge on any atom is 0.408 e. The van der Waals surface area contributed by atoms with E-state index in [1.165, 1.54) is 24.6 Å². The molecule has 2 aromatic heterocycles. The molecule has 3 aromatic rings. The molecule has 1 aromatic carbocycles. The zero-order valence-electron chi connectivity index (χ0n) is 15.8. The van der Waals surface area contributed by atoms with Gasteiger partial charge in [0.1, 0.15) is 24.5 Å². The average molecular weight is 489 g/mol. The van der Waals surface area contributed by atoms with Gasteiger partial charge >= 0.3 is 12.1 Å². The number of halogens is 1. The van der Waals surface area contributed by atoms with Crippen molar-refractivity contribution in [3.8, 4) is 6.07 Å². The summed E-state index contributed by atoms with van der Waals surface area (Å²) in [4.78, 5) is 28.5. The maximum atomic E-state index is 12.1. The van der Waals surface area contributed by atoms with Crippen molar-refractivity contribution in [3.63, 3.8) is 0 Å². The molecule has 0 spiro atoms. The molecule has 0 fully saturated rings. The first-order valence-corrected chi connectivity index (χ1v) is 10.4. The largest absolute Gasteiger partial charge is 0.467 e. The first-order chi connectivity index (χ1) is 14.5. The standard InChI is InChI=1S/C20H17BrN4O4S/c1-28-19(26)15(25-20(27)29-11-12-5-3-2-4-6-12)10-24-18-14-7-16(21)30-17(14)13(8-22)9-23-18/h2-7,9,15H,10-11H2,1H3,(H,23,24)(H,25,27)/t15-/m0/s1. The van der Waals surface area contributed by atoms with Crippen LogP contribution in [0.2, 0.25) is 0 Å². The van der Waals surface area contributed by atoms with Crippen LogP contribution in [-0.4, -0.2) is 36.7 Å². The summed E-state index contributed by atoms with van der Waals surface area (Å²) in [5.41, 5.74) is 1.28. The summed E-state index contributed by atoms with van der Waals surface area (Å²) < 4.78 is 11.6. The molecule has 0 bridgehead atoms. The third-order valence-corrected chi connectivity index (χ3v) is 5.78. The number of hydrogen-bond donors (Lipinski definition) is 2. The van der Waals surface area contributed by atoms with Crippen LogP contribution in [-0.2, 0) is 20.9 Å². The second-order valence-electron chi connectivity index (χ2n) is 6.09. The summed E-state index contributed by atoms with van der Waals surface area (Å²) in [5, 5.41) is 15.5. The normalized spacial score (nSPS) is 11.4. The average Bonchev–Trinajstić information content (AvgIpc) is 3.16. The molecule has 0 aliphatic heterocycles. The number of benzene rings is 1. The molecule has 1 atom stereocenters. The molecule has 30 heavy (non-hydrogen) atoms. The Morgan fingerprint density at radius 2 is 2.10 bits per heavy atom. The van der Waals surface area contributed by atoms with Crippen LogP contribution in [0.3, 0.4) is 0 Å². The van der Waals surface area contributed by atoms with Crippen molar-refractivity contribution in [2.45, 2.75) is 12.6 Å². The highest BCUT2D eigenvalue weighted by atomic mass is 79.9. The molecule has 2 heterocycles. The lowest BCUT2D eigenvalue weighted by Crippen LogP contribution is -2.46. The fraction of sp³-hybridized carbons (Fsp3) is 0.200. The van der Waals surface area contributed by atoms with Gasteiger partial charge in [-0.3, -0.25) is 0 Å². The van der Waals surface area contributed by atoms with E-state index in [1.807, 2.05) is 36.4 Å². The van der Waals surface area contributed by atoms with Gasteiger partial charge < -0.3 is 20.1 Å². The van der Waals surface area contributed by atoms with Gasteiger partial charge in [-0.2, -0.15) is 5.26 Å². The predicted molar refractivity (Wildman–Crippen MR) is 116 cm³/mol. The second kappa shape index (κ2) is 10.0. The molecular weight excluding hydrogens is 472 g/mol. The number of carbonyl (C=O) groups is 2. The van der Waals surface area contributed by atoms with Crippen molar-refractivity contribution in [3.05, 3.63) is 57.5 Å². The Morgan fingerprint density at radius 3 is 2.80 bits per heavy atom. The third kappa shape index (κ3) is 5.25. The lowest BCUT2D eigenvalue weighted by molar-refractivity contribution is -0.142. The van der Waals surface area contributed by atoms with Crippen molar-refractivity contribution in [1.82, 2.24) is 10.3 Å². The number of alkyl carbamates (subject to hydrolysis) is 1. The number of pyridine rings is 1. The summed E-state index contributed by atoms with van der Waals surface area (Å²) in [6.07, 6.45) is 0.717. The van der Waals surface area contributed by atoms with Crippen molar-refractivity contribution in [1.29, 1.82) is 5.26 Å². The van der Waals surface area contributed by atoms with Crippen molar-refractivity contribution < 1.29 is 19.1 Å². The van der Waals surface area contributed by atoms with Crippen LogP contribution >= 0.6 is 27.3 Å². The highest BCUT2D eigenvalue weighted by Gasteiger charge is 2.23. The predicted octanol–water partition coefficient (Wildman–Crippen LogP) is 3.81. The SMILES string of the molecule is COC(=O)[C@H](CNc1ncc(C#N)c2sc(Br)cc12)NC(=O)OCc1ccccc1. The summed E-state index contributed by atoms with van der Waals surface area (Å²) >= 11 is 4.82. The quantitative estimate of drug-likeness (QED) is 0.486. The molecule has 10 heteroatoms. The topological polar surface area (TPSA) is 113 Å². The number of hydrogen-bond acceptors (Lipinski definition) is 8. The van der Waals surface area contributed by atoms with Gasteiger partial charge in [0.25, 0.3) is 0 Å². The highest BCUT2D eigenvalue weighted by molar-refractivity contribution is 9.11. The Hall–Kier alpha value is -3.16. The van der Waals surface area contributed by atoms with Crippen LogP contribution in [0.15, 0.2) is 46.4 Å². The van der Waals surface area contributed by atoms with Gasteiger partial charge in [0.15, 0.2) is 0 Å². The van der Waals surface area contributed by atoms with Gasteiger partial charge in [-0.1, -0.05) is 30.3 Å². The number of rotatable bonds is 7. The van der Waals surface area contributed by atoms with Crippen LogP contribution in [0.1, 0.15) is 11.1 Å². The Balaban J connectivity index is 1.67. The molecule has 0 aliphatic carbocycles. The summed E-state index contributed by atoms with van der Waals surface area (Å²) in [7, 11) is 1.24. The van der Waals surface area contributed by atoms with Crippen LogP contribution < -0.4 is 10.6 Å². The molecule has 0 radical (unpaired) electrons. The number of nitrogens with one attached hydrogen (secondary N) is 2. The zero-order valence-corrected chi connectivity index (χ0v) is 18.2. The van der Waals surface area contributed by atoms with Crippen LogP contribution in [0.25, 0.3) is 10.1 Å². The lowest BCUT2D eigenvalue weighted by atomic mass is 10.2. The maximum absolute atomic E-state index is 12.1. The van der Waals surface area contributed by atoms with E-state index in [2.05, 4.69) is 37.6 Å². The lowest BCUT2D eigenvalue weighted by Gasteiger charge is -2.17. The smallest absolute Gasteiger partial charge is 0.408 e. The number of anilines is 1. The minimum atomic E-state index is -0.993. The van der Waals surface area contributed by atoms with Gasteiger partial charge in [-0.15, -0.1) is 11.3 Å². The first kappa shape index (κ1) is 21.5. The molecular formula is C20H17BrN4O4S. The Kier molecular flexibility index (Phi) is 7.21. The summed E-state index contributed by atoms with van der Waals surface area (Å²) in [6, 6.07) is 12.1. The summed E-state index contributed by atoms with van der Waals surface area (Å²) in [5.74, 6) is -0.144. The number of carbonyl (C=O) groups excluding carboxylic acids is 2. The van der Waals surface area contributed by atoms with Gasteiger partial charge in [0, 0.05) is 18.1 Å². The van der Waals surface area contributed by atoms with E-state index in [0.717, 1.165) is 19.4 Å². The number of esters is 1. The molecule has 1 amide bonds. The number of amides is 1. The molecule has 0 saturated heterocycles. The van der Waals surface area contributed by atoms with Gasteiger partial charge in [-0.25, -0.2) is 14.6 Å². The van der Waals surface area contributed by atoms with Crippen LogP contribution in [0.4, 0.5) is 10.6 Å². The Labute approximate surface area is 184 Å².